The molecule has 5 nitrogen and oxygen atoms in total. The van der Waals surface area contributed by atoms with E-state index >= 15 is 0 Å². The Morgan fingerprint density at radius 2 is 1.95 bits per heavy atom. The molecule has 2 aromatic rings. The van der Waals surface area contributed by atoms with Crippen LogP contribution in [0.1, 0.15) is 41.5 Å². The molecule has 0 aliphatic rings. The van der Waals surface area contributed by atoms with Gasteiger partial charge in [0.05, 0.1) is 11.1 Å². The molecule has 0 spiro atoms. The minimum absolute atomic E-state index is 0.139. The second-order valence-corrected chi connectivity index (χ2v) is 5.27. The maximum Gasteiger partial charge on any atom is 0.338 e. The third-order valence-electron chi connectivity index (χ3n) is 2.55. The first-order valence-corrected chi connectivity index (χ1v) is 5.86. The highest BCUT2D eigenvalue weighted by molar-refractivity contribution is 6.05. The van der Waals surface area contributed by atoms with Gasteiger partial charge in [0, 0.05) is 17.1 Å². The maximum absolute atomic E-state index is 11.9. The first kappa shape index (κ1) is 13.1. The van der Waals surface area contributed by atoms with E-state index in [1.54, 1.807) is 32.9 Å². The number of aromatic amines is 1. The maximum atomic E-state index is 11.9. The van der Waals surface area contributed by atoms with E-state index in [-0.39, 0.29) is 5.56 Å². The van der Waals surface area contributed by atoms with Crippen LogP contribution in [-0.2, 0) is 4.74 Å². The average Bonchev–Trinajstić information content (AvgIpc) is 2.68. The summed E-state index contributed by atoms with van der Waals surface area (Å²) in [6.45, 7) is 5.34. The van der Waals surface area contributed by atoms with Gasteiger partial charge < -0.3 is 14.8 Å². The Bertz CT molecular complexity index is 649. The number of hydrogen-bond donors (Lipinski definition) is 2. The third kappa shape index (κ3) is 2.76. The van der Waals surface area contributed by atoms with Crippen LogP contribution in [-0.4, -0.2) is 27.6 Å². The molecule has 0 saturated carbocycles. The van der Waals surface area contributed by atoms with Crippen molar-refractivity contribution in [3.8, 4) is 0 Å². The van der Waals surface area contributed by atoms with E-state index < -0.39 is 17.5 Å². The average molecular weight is 261 g/mol. The van der Waals surface area contributed by atoms with E-state index in [4.69, 9.17) is 9.84 Å². The topological polar surface area (TPSA) is 79.4 Å². The molecule has 2 N–H and O–H groups in total. The van der Waals surface area contributed by atoms with Gasteiger partial charge in [0.15, 0.2) is 0 Å². The molecule has 0 radical (unpaired) electrons. The summed E-state index contributed by atoms with van der Waals surface area (Å²) in [6, 6.07) is 4.81. The quantitative estimate of drug-likeness (QED) is 0.815. The molecule has 0 aliphatic heterocycles. The number of rotatable bonds is 2. The molecule has 2 rings (SSSR count). The van der Waals surface area contributed by atoms with Crippen LogP contribution in [0.4, 0.5) is 0 Å². The molecular formula is C14H15NO4. The molecule has 0 saturated heterocycles. The Balaban J connectivity index is 2.43. The van der Waals surface area contributed by atoms with Crippen molar-refractivity contribution in [3.63, 3.8) is 0 Å². The van der Waals surface area contributed by atoms with Crippen LogP contribution in [0.25, 0.3) is 10.9 Å². The molecule has 1 heterocycles. The number of hydrogen-bond acceptors (Lipinski definition) is 3. The van der Waals surface area contributed by atoms with Gasteiger partial charge in [0.1, 0.15) is 5.60 Å². The smallest absolute Gasteiger partial charge is 0.338 e. The van der Waals surface area contributed by atoms with Gasteiger partial charge in [-0.15, -0.1) is 0 Å². The molecule has 5 heteroatoms. The fourth-order valence-electron chi connectivity index (χ4n) is 1.76. The fourth-order valence-corrected chi connectivity index (χ4v) is 1.76. The number of fused-ring (bicyclic) bond motifs is 1. The number of esters is 1. The number of carboxylic acid groups (broad SMARTS) is 1. The zero-order chi connectivity index (χ0) is 14.2. The number of aromatic carboxylic acids is 1. The number of benzene rings is 1. The van der Waals surface area contributed by atoms with Crippen molar-refractivity contribution in [2.75, 3.05) is 0 Å². The molecule has 1 aromatic carbocycles. The van der Waals surface area contributed by atoms with Gasteiger partial charge in [-0.1, -0.05) is 0 Å². The van der Waals surface area contributed by atoms with Crippen LogP contribution >= 0.6 is 0 Å². The Morgan fingerprint density at radius 3 is 2.53 bits per heavy atom. The van der Waals surface area contributed by atoms with E-state index in [0.29, 0.717) is 16.5 Å². The highest BCUT2D eigenvalue weighted by Gasteiger charge is 2.19. The zero-order valence-electron chi connectivity index (χ0n) is 11.0. The predicted octanol–water partition coefficient (Wildman–Crippen LogP) is 2.82. The summed E-state index contributed by atoms with van der Waals surface area (Å²) >= 11 is 0. The molecule has 0 bridgehead atoms. The number of carbonyl (C=O) groups excluding carboxylic acids is 1. The van der Waals surface area contributed by atoms with Crippen molar-refractivity contribution in [1.29, 1.82) is 0 Å². The molecular weight excluding hydrogens is 246 g/mol. The monoisotopic (exact) mass is 261 g/mol. The molecule has 0 atom stereocenters. The van der Waals surface area contributed by atoms with Crippen LogP contribution < -0.4 is 0 Å². The van der Waals surface area contributed by atoms with Gasteiger partial charge in [-0.3, -0.25) is 0 Å². The summed E-state index contributed by atoms with van der Waals surface area (Å²) in [6.07, 6.45) is 1.41. The first-order valence-electron chi connectivity index (χ1n) is 5.86. The number of H-pyrrole nitrogens is 1. The molecule has 19 heavy (non-hydrogen) atoms. The van der Waals surface area contributed by atoms with Crippen LogP contribution in [0, 0.1) is 0 Å². The summed E-state index contributed by atoms with van der Waals surface area (Å²) in [5.74, 6) is -1.50. The Hall–Kier alpha value is -2.30. The lowest BCUT2D eigenvalue weighted by Crippen LogP contribution is -2.23. The van der Waals surface area contributed by atoms with Crippen LogP contribution in [0.2, 0.25) is 0 Å². The first-order chi connectivity index (χ1) is 8.78. The van der Waals surface area contributed by atoms with Crippen molar-refractivity contribution in [1.82, 2.24) is 4.98 Å². The molecule has 0 unspecified atom stereocenters. The summed E-state index contributed by atoms with van der Waals surface area (Å²) in [5, 5.41) is 9.55. The van der Waals surface area contributed by atoms with E-state index in [9.17, 15) is 9.59 Å². The normalized spacial score (nSPS) is 11.5. The van der Waals surface area contributed by atoms with Crippen molar-refractivity contribution in [2.24, 2.45) is 0 Å². The van der Waals surface area contributed by atoms with E-state index in [1.165, 1.54) is 12.3 Å². The van der Waals surface area contributed by atoms with Gasteiger partial charge in [0.25, 0.3) is 0 Å². The van der Waals surface area contributed by atoms with E-state index in [2.05, 4.69) is 4.98 Å². The van der Waals surface area contributed by atoms with Gasteiger partial charge in [0.2, 0.25) is 0 Å². The summed E-state index contributed by atoms with van der Waals surface area (Å²) in [4.78, 5) is 25.8. The molecule has 0 fully saturated rings. The van der Waals surface area contributed by atoms with Gasteiger partial charge in [-0.2, -0.15) is 0 Å². The Labute approximate surface area is 110 Å². The highest BCUT2D eigenvalue weighted by Crippen LogP contribution is 2.21. The number of nitrogens with one attached hydrogen (secondary N) is 1. The van der Waals surface area contributed by atoms with Crippen molar-refractivity contribution < 1.29 is 19.4 Å². The summed E-state index contributed by atoms with van der Waals surface area (Å²) in [7, 11) is 0. The second-order valence-electron chi connectivity index (χ2n) is 5.27. The standard InChI is InChI=1S/C14H15NO4/c1-14(2,3)19-13(18)8-4-5-11-9(6-8)10(7-15-11)12(16)17/h4-7,15H,1-3H3,(H,16,17). The number of ether oxygens (including phenoxy) is 1. The van der Waals surface area contributed by atoms with Crippen LogP contribution in [0.15, 0.2) is 24.4 Å². The van der Waals surface area contributed by atoms with Crippen molar-refractivity contribution in [2.45, 2.75) is 26.4 Å². The zero-order valence-corrected chi connectivity index (χ0v) is 11.0. The molecule has 1 aromatic heterocycles. The Morgan fingerprint density at radius 1 is 1.26 bits per heavy atom. The lowest BCUT2D eigenvalue weighted by atomic mass is 10.1. The minimum atomic E-state index is -1.03. The number of carbonyl (C=O) groups is 2. The SMILES string of the molecule is CC(C)(C)OC(=O)c1ccc2[nH]cc(C(=O)O)c2c1. The van der Waals surface area contributed by atoms with Crippen LogP contribution in [0.5, 0.6) is 0 Å². The Kier molecular flexibility index (Phi) is 3.06. The second kappa shape index (κ2) is 4.42. The number of aromatic nitrogens is 1. The fraction of sp³-hybridized carbons (Fsp3) is 0.286. The van der Waals surface area contributed by atoms with E-state index in [0.717, 1.165) is 0 Å². The van der Waals surface area contributed by atoms with Crippen LogP contribution in [0.3, 0.4) is 0 Å². The predicted molar refractivity (Wildman–Crippen MR) is 70.4 cm³/mol. The highest BCUT2D eigenvalue weighted by atomic mass is 16.6. The minimum Gasteiger partial charge on any atom is -0.478 e. The largest absolute Gasteiger partial charge is 0.478 e. The summed E-state index contributed by atoms with van der Waals surface area (Å²) in [5.41, 5.74) is 0.564. The molecule has 100 valence electrons. The number of carboxylic acids is 1. The lowest BCUT2D eigenvalue weighted by Gasteiger charge is -2.19. The summed E-state index contributed by atoms with van der Waals surface area (Å²) < 4.78 is 5.25. The lowest BCUT2D eigenvalue weighted by molar-refractivity contribution is 0.00694. The van der Waals surface area contributed by atoms with Gasteiger partial charge >= 0.3 is 11.9 Å². The van der Waals surface area contributed by atoms with Crippen molar-refractivity contribution in [3.05, 3.63) is 35.5 Å². The van der Waals surface area contributed by atoms with Crippen molar-refractivity contribution >= 4 is 22.8 Å². The molecule has 0 amide bonds. The molecule has 0 aliphatic carbocycles. The van der Waals surface area contributed by atoms with Gasteiger partial charge in [-0.05, 0) is 39.0 Å². The van der Waals surface area contributed by atoms with E-state index in [1.807, 2.05) is 0 Å². The van der Waals surface area contributed by atoms with Gasteiger partial charge in [-0.25, -0.2) is 9.59 Å². The third-order valence-corrected chi connectivity index (χ3v) is 2.55.